The first-order valence-corrected chi connectivity index (χ1v) is 4.06. The Morgan fingerprint density at radius 2 is 2.43 bits per heavy atom. The van der Waals surface area contributed by atoms with Crippen LogP contribution in [0.15, 0.2) is 37.4 Å². The summed E-state index contributed by atoms with van der Waals surface area (Å²) >= 11 is 0. The number of H-pyrrole nitrogens is 1. The quantitative estimate of drug-likeness (QED) is 0.578. The van der Waals surface area contributed by atoms with E-state index in [1.807, 2.05) is 0 Å². The molecule has 0 fully saturated rings. The van der Waals surface area contributed by atoms with Crippen molar-refractivity contribution in [1.29, 1.82) is 0 Å². The molecule has 14 heavy (non-hydrogen) atoms. The highest BCUT2D eigenvalue weighted by atomic mass is 16.5. The highest BCUT2D eigenvalue weighted by Gasteiger charge is 2.06. The molecule has 0 aliphatic carbocycles. The molecule has 0 aliphatic heterocycles. The molecule has 0 amide bonds. The van der Waals surface area contributed by atoms with E-state index in [1.54, 1.807) is 24.5 Å². The molecule has 0 bridgehead atoms. The van der Waals surface area contributed by atoms with Crippen LogP contribution in [0.3, 0.4) is 0 Å². The maximum Gasteiger partial charge on any atom is 0.342 e. The number of esters is 1. The number of benzene rings is 1. The largest absolute Gasteiger partial charge is 0.432 e. The fraction of sp³-hybridized carbons (Fsp3) is 0. The van der Waals surface area contributed by atoms with Gasteiger partial charge in [-0.1, -0.05) is 6.58 Å². The monoisotopic (exact) mass is 188 g/mol. The lowest BCUT2D eigenvalue weighted by molar-refractivity contribution is 0.0664. The van der Waals surface area contributed by atoms with Gasteiger partial charge in [0.25, 0.3) is 0 Å². The third kappa shape index (κ3) is 1.37. The van der Waals surface area contributed by atoms with Gasteiger partial charge in [-0.3, -0.25) is 0 Å². The molecule has 2 rings (SSSR count). The van der Waals surface area contributed by atoms with Crippen LogP contribution in [-0.4, -0.2) is 15.9 Å². The average molecular weight is 188 g/mol. The summed E-state index contributed by atoms with van der Waals surface area (Å²) in [5.74, 6) is -0.420. The fourth-order valence-electron chi connectivity index (χ4n) is 1.21. The molecule has 2 aromatic rings. The van der Waals surface area contributed by atoms with Gasteiger partial charge in [0.2, 0.25) is 0 Å². The molecule has 1 N–H and O–H groups in total. The minimum Gasteiger partial charge on any atom is -0.432 e. The number of aromatic nitrogens is 2. The second-order valence-corrected chi connectivity index (χ2v) is 2.71. The summed E-state index contributed by atoms with van der Waals surface area (Å²) < 4.78 is 4.64. The molecule has 70 valence electrons. The van der Waals surface area contributed by atoms with Crippen molar-refractivity contribution in [2.24, 2.45) is 0 Å². The molecule has 1 heterocycles. The molecule has 0 atom stereocenters. The summed E-state index contributed by atoms with van der Waals surface area (Å²) in [6.45, 7) is 3.32. The van der Waals surface area contributed by atoms with Crippen molar-refractivity contribution in [3.63, 3.8) is 0 Å². The third-order valence-corrected chi connectivity index (χ3v) is 1.85. The first kappa shape index (κ1) is 8.50. The van der Waals surface area contributed by atoms with Gasteiger partial charge in [0.15, 0.2) is 0 Å². The molecule has 4 nitrogen and oxygen atoms in total. The second kappa shape index (κ2) is 3.33. The Kier molecular flexibility index (Phi) is 2.02. The van der Waals surface area contributed by atoms with Crippen molar-refractivity contribution in [3.8, 4) is 0 Å². The number of carbonyl (C=O) groups excluding carboxylic acids is 1. The Morgan fingerprint density at radius 1 is 1.57 bits per heavy atom. The molecule has 0 spiro atoms. The lowest BCUT2D eigenvalue weighted by Gasteiger charge is -1.98. The van der Waals surface area contributed by atoms with E-state index in [1.165, 1.54) is 0 Å². The Balaban J connectivity index is 2.43. The number of hydrogen-bond donors (Lipinski definition) is 1. The minimum absolute atomic E-state index is 0.420. The van der Waals surface area contributed by atoms with Gasteiger partial charge in [0, 0.05) is 0 Å². The summed E-state index contributed by atoms with van der Waals surface area (Å²) in [6, 6.07) is 5.11. The normalized spacial score (nSPS) is 10.0. The summed E-state index contributed by atoms with van der Waals surface area (Å²) in [7, 11) is 0. The molecule has 0 saturated heterocycles. The number of nitrogens with one attached hydrogen (secondary N) is 1. The van der Waals surface area contributed by atoms with E-state index in [0.717, 1.165) is 17.3 Å². The van der Waals surface area contributed by atoms with Crippen molar-refractivity contribution in [1.82, 2.24) is 9.97 Å². The molecule has 1 aromatic heterocycles. The summed E-state index contributed by atoms with van der Waals surface area (Å²) in [6.07, 6.45) is 2.69. The lowest BCUT2D eigenvalue weighted by Crippen LogP contribution is -1.99. The number of imidazole rings is 1. The second-order valence-electron chi connectivity index (χ2n) is 2.71. The Hall–Kier alpha value is -2.10. The first-order chi connectivity index (χ1) is 6.81. The summed E-state index contributed by atoms with van der Waals surface area (Å²) in [4.78, 5) is 18.2. The van der Waals surface area contributed by atoms with Gasteiger partial charge >= 0.3 is 5.97 Å². The van der Waals surface area contributed by atoms with Crippen LogP contribution < -0.4 is 0 Å². The van der Waals surface area contributed by atoms with Crippen molar-refractivity contribution in [2.45, 2.75) is 0 Å². The molecule has 0 aliphatic rings. The van der Waals surface area contributed by atoms with Crippen LogP contribution in [-0.2, 0) is 4.74 Å². The van der Waals surface area contributed by atoms with Gasteiger partial charge in [0.05, 0.1) is 29.2 Å². The maximum atomic E-state index is 11.3. The maximum absolute atomic E-state index is 11.3. The van der Waals surface area contributed by atoms with E-state index >= 15 is 0 Å². The molecule has 0 saturated carbocycles. The van der Waals surface area contributed by atoms with Crippen molar-refractivity contribution < 1.29 is 9.53 Å². The fourth-order valence-corrected chi connectivity index (χ4v) is 1.21. The number of rotatable bonds is 2. The lowest BCUT2D eigenvalue weighted by atomic mass is 10.2. The Morgan fingerprint density at radius 3 is 3.21 bits per heavy atom. The first-order valence-electron chi connectivity index (χ1n) is 4.06. The Labute approximate surface area is 80.2 Å². The number of nitrogens with zero attached hydrogens (tertiary/aromatic N) is 1. The van der Waals surface area contributed by atoms with Gasteiger partial charge in [-0.15, -0.1) is 0 Å². The van der Waals surface area contributed by atoms with E-state index in [-0.39, 0.29) is 0 Å². The van der Waals surface area contributed by atoms with Crippen LogP contribution in [0.1, 0.15) is 10.4 Å². The van der Waals surface area contributed by atoms with Crippen LogP contribution in [0.4, 0.5) is 0 Å². The zero-order chi connectivity index (χ0) is 9.97. The third-order valence-electron chi connectivity index (χ3n) is 1.85. The minimum atomic E-state index is -0.420. The zero-order valence-electron chi connectivity index (χ0n) is 7.36. The summed E-state index contributed by atoms with van der Waals surface area (Å²) in [5, 5.41) is 0. The number of fused-ring (bicyclic) bond motifs is 1. The van der Waals surface area contributed by atoms with Gasteiger partial charge < -0.3 is 9.72 Å². The number of carbonyl (C=O) groups is 1. The van der Waals surface area contributed by atoms with Crippen LogP contribution in [0, 0.1) is 0 Å². The van der Waals surface area contributed by atoms with Gasteiger partial charge in [-0.25, -0.2) is 9.78 Å². The predicted octanol–water partition coefficient (Wildman–Crippen LogP) is 1.86. The van der Waals surface area contributed by atoms with E-state index in [9.17, 15) is 4.79 Å². The van der Waals surface area contributed by atoms with Crippen LogP contribution in [0.5, 0.6) is 0 Å². The van der Waals surface area contributed by atoms with E-state index in [4.69, 9.17) is 0 Å². The predicted molar refractivity (Wildman–Crippen MR) is 51.7 cm³/mol. The molecule has 0 unspecified atom stereocenters. The van der Waals surface area contributed by atoms with E-state index in [0.29, 0.717) is 5.56 Å². The van der Waals surface area contributed by atoms with Crippen LogP contribution >= 0.6 is 0 Å². The Bertz CT molecular complexity index is 488. The smallest absolute Gasteiger partial charge is 0.342 e. The highest BCUT2D eigenvalue weighted by Crippen LogP contribution is 2.12. The van der Waals surface area contributed by atoms with Gasteiger partial charge in [-0.05, 0) is 18.2 Å². The standard InChI is InChI=1S/C10H8N2O2/c1-2-14-10(13)7-3-4-8-9(5-7)12-6-11-8/h2-6H,1H2,(H,11,12). The van der Waals surface area contributed by atoms with Gasteiger partial charge in [-0.2, -0.15) is 0 Å². The molecular formula is C10H8N2O2. The van der Waals surface area contributed by atoms with Crippen molar-refractivity contribution in [2.75, 3.05) is 0 Å². The number of ether oxygens (including phenoxy) is 1. The zero-order valence-corrected chi connectivity index (χ0v) is 7.36. The molecule has 1 aromatic carbocycles. The average Bonchev–Trinajstić information content (AvgIpc) is 2.64. The summed E-state index contributed by atoms with van der Waals surface area (Å²) in [5.41, 5.74) is 2.10. The SMILES string of the molecule is C=COC(=O)c1ccc2nc[nH]c2c1. The van der Waals surface area contributed by atoms with Crippen molar-refractivity contribution in [3.05, 3.63) is 42.9 Å². The van der Waals surface area contributed by atoms with Crippen molar-refractivity contribution >= 4 is 17.0 Å². The molecular weight excluding hydrogens is 180 g/mol. The topological polar surface area (TPSA) is 55.0 Å². The van der Waals surface area contributed by atoms with Crippen LogP contribution in [0.25, 0.3) is 11.0 Å². The number of aromatic amines is 1. The number of hydrogen-bond acceptors (Lipinski definition) is 3. The molecule has 4 heteroatoms. The van der Waals surface area contributed by atoms with Crippen LogP contribution in [0.2, 0.25) is 0 Å². The van der Waals surface area contributed by atoms with E-state index < -0.39 is 5.97 Å². The molecule has 0 radical (unpaired) electrons. The van der Waals surface area contributed by atoms with Gasteiger partial charge in [0.1, 0.15) is 0 Å². The highest BCUT2D eigenvalue weighted by molar-refractivity contribution is 5.93. The van der Waals surface area contributed by atoms with E-state index in [2.05, 4.69) is 21.3 Å².